The number of hydrogen-bond donors (Lipinski definition) is 2. The van der Waals surface area contributed by atoms with Crippen LogP contribution >= 0.6 is 24.0 Å². The smallest absolute Gasteiger partial charge is 0.319 e. The molecule has 0 bridgehead atoms. The Morgan fingerprint density at radius 2 is 2.00 bits per heavy atom. The maximum absolute atomic E-state index is 12.7. The van der Waals surface area contributed by atoms with Crippen molar-refractivity contribution < 1.29 is 8.78 Å². The third-order valence-corrected chi connectivity index (χ3v) is 3.15. The number of halogens is 3. The number of imidazole rings is 1. The molecule has 0 saturated carbocycles. The zero-order chi connectivity index (χ0) is 15.8. The maximum atomic E-state index is 12.7. The Morgan fingerprint density at radius 3 is 2.65 bits per heavy atom. The third kappa shape index (κ3) is 6.12. The van der Waals surface area contributed by atoms with Crippen molar-refractivity contribution >= 4 is 29.9 Å². The molecule has 0 radical (unpaired) electrons. The molecule has 126 valence electrons. The Balaban J connectivity index is 0.00000264. The second-order valence-corrected chi connectivity index (χ2v) is 4.62. The van der Waals surface area contributed by atoms with Crippen LogP contribution in [0.4, 0.5) is 8.78 Å². The number of aromatic nitrogens is 2. The highest BCUT2D eigenvalue weighted by Crippen LogP contribution is 2.11. The van der Waals surface area contributed by atoms with Gasteiger partial charge in [-0.3, -0.25) is 9.56 Å². The lowest BCUT2D eigenvalue weighted by atomic mass is 10.1. The monoisotopic (exact) mass is 435 g/mol. The summed E-state index contributed by atoms with van der Waals surface area (Å²) >= 11 is 0. The standard InChI is InChI=1S/C15H19F2N5.HI/c1-18-15(20-8-7-12-5-3-2-4-6-12)21-11-13-19-9-10-22(13)14(16)17;/h2-6,9-10,14H,7-8,11H2,1H3,(H2,18,20,21);1H. The highest BCUT2D eigenvalue weighted by molar-refractivity contribution is 14.0. The average molecular weight is 435 g/mol. The molecule has 23 heavy (non-hydrogen) atoms. The van der Waals surface area contributed by atoms with E-state index < -0.39 is 6.55 Å². The van der Waals surface area contributed by atoms with Crippen LogP contribution < -0.4 is 10.6 Å². The summed E-state index contributed by atoms with van der Waals surface area (Å²) in [6.07, 6.45) is 3.47. The van der Waals surface area contributed by atoms with Gasteiger partial charge in [0.15, 0.2) is 5.96 Å². The fraction of sp³-hybridized carbons (Fsp3) is 0.333. The first kappa shape index (κ1) is 19.3. The molecule has 0 aliphatic rings. The lowest BCUT2D eigenvalue weighted by molar-refractivity contribution is 0.0668. The van der Waals surface area contributed by atoms with Crippen molar-refractivity contribution in [2.75, 3.05) is 13.6 Å². The number of hydrogen-bond acceptors (Lipinski definition) is 2. The molecule has 0 saturated heterocycles. The van der Waals surface area contributed by atoms with E-state index in [9.17, 15) is 8.78 Å². The van der Waals surface area contributed by atoms with Crippen LogP contribution in [0.25, 0.3) is 0 Å². The first-order valence-corrected chi connectivity index (χ1v) is 6.99. The highest BCUT2D eigenvalue weighted by atomic mass is 127. The molecule has 0 aliphatic carbocycles. The number of nitrogens with zero attached hydrogens (tertiary/aromatic N) is 3. The van der Waals surface area contributed by atoms with Crippen molar-refractivity contribution in [2.24, 2.45) is 4.99 Å². The van der Waals surface area contributed by atoms with Gasteiger partial charge < -0.3 is 10.6 Å². The van der Waals surface area contributed by atoms with Gasteiger partial charge in [-0.1, -0.05) is 30.3 Å². The van der Waals surface area contributed by atoms with Crippen LogP contribution in [0.1, 0.15) is 17.9 Å². The van der Waals surface area contributed by atoms with Crippen molar-refractivity contribution in [3.05, 3.63) is 54.1 Å². The second-order valence-electron chi connectivity index (χ2n) is 4.62. The molecular formula is C15H20F2IN5. The van der Waals surface area contributed by atoms with Crippen molar-refractivity contribution in [1.82, 2.24) is 20.2 Å². The summed E-state index contributed by atoms with van der Waals surface area (Å²) in [7, 11) is 1.64. The molecule has 1 heterocycles. The van der Waals surface area contributed by atoms with Gasteiger partial charge in [0.25, 0.3) is 0 Å². The molecule has 0 fully saturated rings. The molecule has 0 aliphatic heterocycles. The Kier molecular flexibility index (Phi) is 8.52. The second kappa shape index (κ2) is 10.1. The van der Waals surface area contributed by atoms with Gasteiger partial charge in [0.1, 0.15) is 5.82 Å². The van der Waals surface area contributed by atoms with E-state index in [1.807, 2.05) is 18.2 Å². The van der Waals surface area contributed by atoms with Gasteiger partial charge in [-0.15, -0.1) is 24.0 Å². The summed E-state index contributed by atoms with van der Waals surface area (Å²) < 4.78 is 26.2. The zero-order valence-electron chi connectivity index (χ0n) is 12.7. The fourth-order valence-electron chi connectivity index (χ4n) is 2.01. The molecule has 8 heteroatoms. The molecule has 2 aromatic rings. The molecule has 0 amide bonds. The number of benzene rings is 1. The van der Waals surface area contributed by atoms with Crippen molar-refractivity contribution in [3.8, 4) is 0 Å². The fourth-order valence-corrected chi connectivity index (χ4v) is 2.01. The molecule has 0 unspecified atom stereocenters. The Morgan fingerprint density at radius 1 is 1.26 bits per heavy atom. The number of rotatable bonds is 6. The minimum absolute atomic E-state index is 0. The Labute approximate surface area is 151 Å². The van der Waals surface area contributed by atoms with Crippen LogP contribution in [0.5, 0.6) is 0 Å². The zero-order valence-corrected chi connectivity index (χ0v) is 15.1. The molecule has 2 N–H and O–H groups in total. The minimum Gasteiger partial charge on any atom is -0.356 e. The minimum atomic E-state index is -2.59. The normalized spacial score (nSPS) is 11.2. The number of aliphatic imine (C=N–C) groups is 1. The summed E-state index contributed by atoms with van der Waals surface area (Å²) in [6, 6.07) is 10.1. The predicted octanol–water partition coefficient (Wildman–Crippen LogP) is 2.80. The third-order valence-electron chi connectivity index (χ3n) is 3.15. The summed E-state index contributed by atoms with van der Waals surface area (Å²) in [6.45, 7) is -1.71. The largest absolute Gasteiger partial charge is 0.356 e. The molecular weight excluding hydrogens is 415 g/mol. The summed E-state index contributed by atoms with van der Waals surface area (Å²) in [5.74, 6) is 0.820. The number of nitrogens with one attached hydrogen (secondary N) is 2. The lowest BCUT2D eigenvalue weighted by Gasteiger charge is -2.12. The maximum Gasteiger partial charge on any atom is 0.319 e. The van der Waals surface area contributed by atoms with Crippen LogP contribution in [-0.4, -0.2) is 29.1 Å². The highest BCUT2D eigenvalue weighted by Gasteiger charge is 2.11. The molecule has 1 aromatic carbocycles. The van der Waals surface area contributed by atoms with Crippen molar-refractivity contribution in [3.63, 3.8) is 0 Å². The van der Waals surface area contributed by atoms with Gasteiger partial charge >= 0.3 is 6.55 Å². The van der Waals surface area contributed by atoms with E-state index in [2.05, 4.69) is 32.7 Å². The van der Waals surface area contributed by atoms with E-state index in [1.165, 1.54) is 18.0 Å². The van der Waals surface area contributed by atoms with E-state index in [4.69, 9.17) is 0 Å². The van der Waals surface area contributed by atoms with Crippen molar-refractivity contribution in [1.29, 1.82) is 0 Å². The Hall–Kier alpha value is -1.71. The van der Waals surface area contributed by atoms with E-state index in [0.29, 0.717) is 12.5 Å². The molecule has 0 atom stereocenters. The summed E-state index contributed by atoms with van der Waals surface area (Å²) in [5, 5.41) is 6.12. The molecule has 0 spiro atoms. The topological polar surface area (TPSA) is 54.2 Å². The van der Waals surface area contributed by atoms with Gasteiger partial charge in [-0.05, 0) is 12.0 Å². The molecule has 1 aromatic heterocycles. The van der Waals surface area contributed by atoms with Crippen LogP contribution in [-0.2, 0) is 13.0 Å². The van der Waals surface area contributed by atoms with Gasteiger partial charge in [-0.25, -0.2) is 4.98 Å². The average Bonchev–Trinajstić information content (AvgIpc) is 3.00. The lowest BCUT2D eigenvalue weighted by Crippen LogP contribution is -2.38. The van der Waals surface area contributed by atoms with Crippen LogP contribution in [0.3, 0.4) is 0 Å². The molecule has 2 rings (SSSR count). The quantitative estimate of drug-likeness (QED) is 0.417. The number of alkyl halides is 2. The van der Waals surface area contributed by atoms with Crippen molar-refractivity contribution in [2.45, 2.75) is 19.5 Å². The summed E-state index contributed by atoms with van der Waals surface area (Å²) in [4.78, 5) is 7.97. The van der Waals surface area contributed by atoms with E-state index >= 15 is 0 Å². The Bertz CT molecular complexity index is 601. The van der Waals surface area contributed by atoms with E-state index in [-0.39, 0.29) is 36.3 Å². The van der Waals surface area contributed by atoms with Gasteiger partial charge in [0, 0.05) is 26.0 Å². The van der Waals surface area contributed by atoms with Gasteiger partial charge in [-0.2, -0.15) is 8.78 Å². The van der Waals surface area contributed by atoms with Crippen LogP contribution in [0.15, 0.2) is 47.7 Å². The van der Waals surface area contributed by atoms with Crippen LogP contribution in [0, 0.1) is 0 Å². The number of guanidine groups is 1. The van der Waals surface area contributed by atoms with E-state index in [0.717, 1.165) is 11.0 Å². The first-order valence-electron chi connectivity index (χ1n) is 6.99. The van der Waals surface area contributed by atoms with Gasteiger partial charge in [0.05, 0.1) is 6.54 Å². The summed E-state index contributed by atoms with van der Waals surface area (Å²) in [5.41, 5.74) is 1.22. The molecule has 5 nitrogen and oxygen atoms in total. The predicted molar refractivity (Wildman–Crippen MR) is 97.2 cm³/mol. The SMILES string of the molecule is CN=C(NCCc1ccccc1)NCc1nccn1C(F)F.I. The van der Waals surface area contributed by atoms with Gasteiger partial charge in [0.2, 0.25) is 0 Å². The van der Waals surface area contributed by atoms with Crippen LogP contribution in [0.2, 0.25) is 0 Å². The van der Waals surface area contributed by atoms with E-state index in [1.54, 1.807) is 7.05 Å². The first-order chi connectivity index (χ1) is 10.7.